The maximum atomic E-state index is 13.3. The number of nitrogens with zero attached hydrogens (tertiary/aromatic N) is 8. The van der Waals surface area contributed by atoms with Crippen molar-refractivity contribution in [2.24, 2.45) is 0 Å². The lowest BCUT2D eigenvalue weighted by Gasteiger charge is -2.18. The highest BCUT2D eigenvalue weighted by Gasteiger charge is 2.35. The highest BCUT2D eigenvalue weighted by Crippen LogP contribution is 2.34. The predicted molar refractivity (Wildman–Crippen MR) is 150 cm³/mol. The number of benzene rings is 1. The number of imidazole rings is 2. The van der Waals surface area contributed by atoms with E-state index in [9.17, 15) is 18.3 Å². The summed E-state index contributed by atoms with van der Waals surface area (Å²) in [6.07, 6.45) is 6.62. The Morgan fingerprint density at radius 1 is 1.12 bits per heavy atom. The first-order valence-electron chi connectivity index (χ1n) is 13.6. The fourth-order valence-corrected chi connectivity index (χ4v) is 4.94. The van der Waals surface area contributed by atoms with Gasteiger partial charge in [0, 0.05) is 42.9 Å². The zero-order valence-corrected chi connectivity index (χ0v) is 22.9. The molecule has 13 heteroatoms. The van der Waals surface area contributed by atoms with E-state index in [1.165, 1.54) is 10.9 Å². The summed E-state index contributed by atoms with van der Waals surface area (Å²) in [7, 11) is 0. The fraction of sp³-hybridized carbons (Fsp3) is 0.310. The van der Waals surface area contributed by atoms with Crippen LogP contribution in [-0.4, -0.2) is 50.3 Å². The van der Waals surface area contributed by atoms with Crippen molar-refractivity contribution in [3.8, 4) is 22.8 Å². The van der Waals surface area contributed by atoms with Crippen LogP contribution < -0.4 is 5.32 Å². The molecule has 6 rings (SSSR count). The second kappa shape index (κ2) is 11.0. The summed E-state index contributed by atoms with van der Waals surface area (Å²) >= 11 is 0. The van der Waals surface area contributed by atoms with Gasteiger partial charge in [-0.3, -0.25) is 0 Å². The number of anilines is 1. The predicted octanol–water partition coefficient (Wildman–Crippen LogP) is 5.58. The Kier molecular flexibility index (Phi) is 7.19. The summed E-state index contributed by atoms with van der Waals surface area (Å²) < 4.78 is 43.1. The van der Waals surface area contributed by atoms with E-state index in [0.717, 1.165) is 23.0 Å². The molecule has 0 radical (unpaired) electrons. The lowest BCUT2D eigenvalue weighted by Crippen LogP contribution is -2.12. The number of rotatable bonds is 7. The summed E-state index contributed by atoms with van der Waals surface area (Å²) in [6.45, 7) is 4.01. The molecule has 2 N–H and O–H groups in total. The average Bonchev–Trinajstić information content (AvgIpc) is 3.65. The van der Waals surface area contributed by atoms with E-state index in [1.54, 1.807) is 35.2 Å². The summed E-state index contributed by atoms with van der Waals surface area (Å²) in [5, 5.41) is 17.9. The van der Waals surface area contributed by atoms with E-state index < -0.39 is 11.9 Å². The van der Waals surface area contributed by atoms with Crippen molar-refractivity contribution in [3.63, 3.8) is 0 Å². The van der Waals surface area contributed by atoms with E-state index in [4.69, 9.17) is 4.98 Å². The Morgan fingerprint density at radius 2 is 1.93 bits per heavy atom. The van der Waals surface area contributed by atoms with Gasteiger partial charge in [0.2, 0.25) is 0 Å². The SMILES string of the molecule is CC(C)n1cc(C(F)(F)F)nc1-c1ccc(CNc2nc(-c3cncnc3C3=CCC(O)CC3)nn3ccnc23)cc1. The van der Waals surface area contributed by atoms with Gasteiger partial charge in [0.1, 0.15) is 12.2 Å². The van der Waals surface area contributed by atoms with Gasteiger partial charge in [-0.1, -0.05) is 30.3 Å². The molecule has 1 aliphatic rings. The number of aromatic nitrogens is 8. The van der Waals surface area contributed by atoms with E-state index >= 15 is 0 Å². The smallest absolute Gasteiger partial charge is 0.393 e. The molecule has 1 unspecified atom stereocenters. The van der Waals surface area contributed by atoms with Gasteiger partial charge in [0.15, 0.2) is 23.0 Å². The van der Waals surface area contributed by atoms with E-state index in [1.807, 2.05) is 32.1 Å². The molecule has 0 spiro atoms. The van der Waals surface area contributed by atoms with E-state index in [0.29, 0.717) is 54.2 Å². The molecule has 5 aromatic rings. The second-order valence-corrected chi connectivity index (χ2v) is 10.4. The number of alkyl halides is 3. The number of halogens is 3. The molecular formula is C29H28F3N9O. The van der Waals surface area contributed by atoms with Gasteiger partial charge >= 0.3 is 6.18 Å². The van der Waals surface area contributed by atoms with Gasteiger partial charge in [-0.05, 0) is 44.2 Å². The Labute approximate surface area is 239 Å². The van der Waals surface area contributed by atoms with Crippen molar-refractivity contribution >= 4 is 17.0 Å². The van der Waals surface area contributed by atoms with Crippen LogP contribution in [0.4, 0.5) is 19.0 Å². The van der Waals surface area contributed by atoms with Crippen LogP contribution in [0.1, 0.15) is 56.1 Å². The van der Waals surface area contributed by atoms with Crippen LogP contribution in [0.15, 0.2) is 61.5 Å². The lowest BCUT2D eigenvalue weighted by atomic mass is 9.93. The average molecular weight is 576 g/mol. The van der Waals surface area contributed by atoms with Crippen LogP contribution in [0.25, 0.3) is 34.0 Å². The Morgan fingerprint density at radius 3 is 2.64 bits per heavy atom. The molecular weight excluding hydrogens is 547 g/mol. The van der Waals surface area contributed by atoms with E-state index in [2.05, 4.69) is 30.4 Å². The van der Waals surface area contributed by atoms with Gasteiger partial charge in [-0.2, -0.15) is 13.2 Å². The van der Waals surface area contributed by atoms with Crippen molar-refractivity contribution < 1.29 is 18.3 Å². The maximum Gasteiger partial charge on any atom is 0.434 e. The number of fused-ring (bicyclic) bond motifs is 1. The van der Waals surface area contributed by atoms with Crippen molar-refractivity contribution in [1.29, 1.82) is 0 Å². The van der Waals surface area contributed by atoms with Gasteiger partial charge in [0.25, 0.3) is 0 Å². The maximum absolute atomic E-state index is 13.3. The minimum absolute atomic E-state index is 0.189. The standard InChI is InChI=1S/C29H28F3N9O/c1-17(2)40-15-23(29(30,31)32)37-27(40)20-5-3-18(4-6-20)13-35-26-28-34-11-12-41(28)39-25(38-26)22-14-33-16-36-24(22)19-7-9-21(42)10-8-19/h3-7,11-12,14-17,21,42H,8-10,13H2,1-2H3,(H,35,38,39). The third-order valence-corrected chi connectivity index (χ3v) is 7.15. The van der Waals surface area contributed by atoms with Crippen LogP contribution in [-0.2, 0) is 12.7 Å². The summed E-state index contributed by atoms with van der Waals surface area (Å²) in [5.41, 5.74) is 3.51. The largest absolute Gasteiger partial charge is 0.434 e. The number of hydrogen-bond acceptors (Lipinski definition) is 8. The molecule has 0 saturated heterocycles. The van der Waals surface area contributed by atoms with Crippen LogP contribution in [0.2, 0.25) is 0 Å². The number of nitrogens with one attached hydrogen (secondary N) is 1. The van der Waals surface area contributed by atoms with Crippen molar-refractivity contribution in [2.75, 3.05) is 5.32 Å². The van der Waals surface area contributed by atoms with Crippen LogP contribution in [0.3, 0.4) is 0 Å². The number of aliphatic hydroxyl groups is 1. The molecule has 10 nitrogen and oxygen atoms in total. The molecule has 1 aliphatic carbocycles. The van der Waals surface area contributed by atoms with Crippen molar-refractivity contribution in [3.05, 3.63) is 78.4 Å². The minimum atomic E-state index is -4.52. The van der Waals surface area contributed by atoms with Crippen LogP contribution in [0.5, 0.6) is 0 Å². The first kappa shape index (κ1) is 27.5. The Balaban J connectivity index is 1.27. The van der Waals surface area contributed by atoms with Crippen molar-refractivity contribution in [1.82, 2.24) is 39.1 Å². The number of allylic oxidation sites excluding steroid dienone is 1. The van der Waals surface area contributed by atoms with Gasteiger partial charge in [-0.25, -0.2) is 29.4 Å². The molecule has 0 fully saturated rings. The fourth-order valence-electron chi connectivity index (χ4n) is 4.94. The summed E-state index contributed by atoms with van der Waals surface area (Å²) in [5.74, 6) is 1.18. The number of aliphatic hydroxyl groups excluding tert-OH is 1. The first-order chi connectivity index (χ1) is 20.2. The van der Waals surface area contributed by atoms with E-state index in [-0.39, 0.29) is 18.0 Å². The molecule has 1 atom stereocenters. The van der Waals surface area contributed by atoms with Gasteiger partial charge < -0.3 is 15.0 Å². The Hall–Kier alpha value is -4.65. The van der Waals surface area contributed by atoms with Crippen LogP contribution in [0, 0.1) is 0 Å². The zero-order valence-electron chi connectivity index (χ0n) is 22.9. The normalized spacial score (nSPS) is 15.8. The highest BCUT2D eigenvalue weighted by molar-refractivity contribution is 5.77. The van der Waals surface area contributed by atoms with Crippen molar-refractivity contribution in [2.45, 2.75) is 58.0 Å². The van der Waals surface area contributed by atoms with Crippen LogP contribution >= 0.6 is 0 Å². The third kappa shape index (κ3) is 5.47. The first-order valence-corrected chi connectivity index (χ1v) is 13.6. The molecule has 0 amide bonds. The minimum Gasteiger partial charge on any atom is -0.393 e. The van der Waals surface area contributed by atoms with Gasteiger partial charge in [0.05, 0.1) is 17.4 Å². The molecule has 4 heterocycles. The second-order valence-electron chi connectivity index (χ2n) is 10.4. The molecule has 0 aliphatic heterocycles. The monoisotopic (exact) mass is 575 g/mol. The zero-order chi connectivity index (χ0) is 29.4. The molecule has 0 saturated carbocycles. The quantitative estimate of drug-likeness (QED) is 0.258. The molecule has 216 valence electrons. The molecule has 4 aromatic heterocycles. The third-order valence-electron chi connectivity index (χ3n) is 7.15. The summed E-state index contributed by atoms with van der Waals surface area (Å²) in [6, 6.07) is 7.01. The Bertz CT molecular complexity index is 1760. The summed E-state index contributed by atoms with van der Waals surface area (Å²) in [4.78, 5) is 21.7. The number of hydrogen-bond donors (Lipinski definition) is 2. The van der Waals surface area contributed by atoms with Gasteiger partial charge in [-0.15, -0.1) is 5.10 Å². The molecule has 1 aromatic carbocycles. The lowest BCUT2D eigenvalue weighted by molar-refractivity contribution is -0.140. The molecule has 0 bridgehead atoms. The highest BCUT2D eigenvalue weighted by atomic mass is 19.4. The topological polar surface area (TPSA) is 119 Å². The molecule has 42 heavy (non-hydrogen) atoms.